The van der Waals surface area contributed by atoms with Crippen LogP contribution in [-0.2, 0) is 19.2 Å². The van der Waals surface area contributed by atoms with Crippen LogP contribution in [0.15, 0.2) is 24.5 Å². The summed E-state index contributed by atoms with van der Waals surface area (Å²) in [4.78, 5) is 65.8. The van der Waals surface area contributed by atoms with Crippen molar-refractivity contribution >= 4 is 29.5 Å². The standard InChI is InChI=1S/C34H59N7O7/c1-9-12-27(38-34(47)29(23(8)10-2)40-30(43)24-13-16-41(48)17-14-24)32(45)37-25(19-21(4)5)20-36-26(15-18-42)31(44)39-28(22(6)7)33(46)35-11-3/h13-14,16-17,21-23,25-29,36,42H,9-12,15,18-20H2,1-8H3,(H,35,46)(H,37,45)(H,38,47)(H,39,44)(H,40,43)/t23-,25-,26-,27?,28-,29-/m0/s1. The molecule has 1 heterocycles. The number of hydrogen-bond acceptors (Lipinski definition) is 8. The molecule has 1 aromatic rings. The molecule has 0 aliphatic rings. The number of nitrogens with zero attached hydrogens (tertiary/aromatic N) is 1. The van der Waals surface area contributed by atoms with E-state index in [9.17, 15) is 34.3 Å². The van der Waals surface area contributed by atoms with Gasteiger partial charge in [0.15, 0.2) is 12.4 Å². The molecule has 0 fully saturated rings. The zero-order chi connectivity index (χ0) is 36.4. The van der Waals surface area contributed by atoms with E-state index in [1.807, 2.05) is 48.5 Å². The lowest BCUT2D eigenvalue weighted by atomic mass is 9.97. The summed E-state index contributed by atoms with van der Waals surface area (Å²) in [6.07, 6.45) is 4.61. The summed E-state index contributed by atoms with van der Waals surface area (Å²) in [5, 5.41) is 38.4. The smallest absolute Gasteiger partial charge is 0.252 e. The molecule has 0 radical (unpaired) electrons. The predicted molar refractivity (Wildman–Crippen MR) is 183 cm³/mol. The third kappa shape index (κ3) is 14.5. The van der Waals surface area contributed by atoms with Gasteiger partial charge in [0, 0.05) is 37.9 Å². The molecule has 48 heavy (non-hydrogen) atoms. The highest BCUT2D eigenvalue weighted by molar-refractivity contribution is 5.98. The van der Waals surface area contributed by atoms with Gasteiger partial charge in [0.25, 0.3) is 5.91 Å². The molecule has 0 aliphatic carbocycles. The van der Waals surface area contributed by atoms with Gasteiger partial charge in [0.1, 0.15) is 18.1 Å². The average Bonchev–Trinajstić information content (AvgIpc) is 3.03. The second-order valence-corrected chi connectivity index (χ2v) is 13.1. The van der Waals surface area contributed by atoms with Crippen LogP contribution in [0.5, 0.6) is 0 Å². The van der Waals surface area contributed by atoms with Crippen LogP contribution in [0.25, 0.3) is 0 Å². The third-order valence-electron chi connectivity index (χ3n) is 8.10. The van der Waals surface area contributed by atoms with E-state index in [0.717, 1.165) is 0 Å². The Labute approximate surface area is 285 Å². The maximum Gasteiger partial charge on any atom is 0.252 e. The Hall–Kier alpha value is -3.78. The first-order valence-electron chi connectivity index (χ1n) is 17.2. The molecule has 0 saturated heterocycles. The summed E-state index contributed by atoms with van der Waals surface area (Å²) in [5.41, 5.74) is 0.229. The fourth-order valence-electron chi connectivity index (χ4n) is 5.19. The Morgan fingerprint density at radius 2 is 1.42 bits per heavy atom. The van der Waals surface area contributed by atoms with Crippen molar-refractivity contribution < 1.29 is 33.8 Å². The molecule has 0 spiro atoms. The number of carbonyl (C=O) groups is 5. The van der Waals surface area contributed by atoms with Gasteiger partial charge in [-0.2, -0.15) is 4.73 Å². The number of pyridine rings is 1. The summed E-state index contributed by atoms with van der Waals surface area (Å²) >= 11 is 0. The van der Waals surface area contributed by atoms with Gasteiger partial charge in [-0.15, -0.1) is 0 Å². The number of hydrogen-bond donors (Lipinski definition) is 7. The first-order valence-corrected chi connectivity index (χ1v) is 17.2. The summed E-state index contributed by atoms with van der Waals surface area (Å²) < 4.78 is 0.559. The summed E-state index contributed by atoms with van der Waals surface area (Å²) in [7, 11) is 0. The van der Waals surface area contributed by atoms with Gasteiger partial charge >= 0.3 is 0 Å². The van der Waals surface area contributed by atoms with Crippen molar-refractivity contribution in [2.24, 2.45) is 17.8 Å². The van der Waals surface area contributed by atoms with Crippen LogP contribution >= 0.6 is 0 Å². The predicted octanol–water partition coefficient (Wildman–Crippen LogP) is 0.898. The fourth-order valence-corrected chi connectivity index (χ4v) is 5.19. The zero-order valence-electron chi connectivity index (χ0n) is 29.9. The van der Waals surface area contributed by atoms with E-state index in [2.05, 4.69) is 31.9 Å². The van der Waals surface area contributed by atoms with Gasteiger partial charge in [-0.3, -0.25) is 24.0 Å². The highest BCUT2D eigenvalue weighted by Crippen LogP contribution is 2.12. The number of amides is 5. The van der Waals surface area contributed by atoms with E-state index in [1.165, 1.54) is 24.5 Å². The molecule has 14 nitrogen and oxygen atoms in total. The highest BCUT2D eigenvalue weighted by Gasteiger charge is 2.32. The van der Waals surface area contributed by atoms with Crippen LogP contribution in [0.1, 0.15) is 97.9 Å². The van der Waals surface area contributed by atoms with Gasteiger partial charge in [-0.05, 0) is 43.9 Å². The number of nitrogens with one attached hydrogen (secondary N) is 6. The van der Waals surface area contributed by atoms with Crippen molar-refractivity contribution in [1.29, 1.82) is 0 Å². The molecular weight excluding hydrogens is 618 g/mol. The summed E-state index contributed by atoms with van der Waals surface area (Å²) in [6, 6.07) is -1.04. The molecule has 0 aromatic carbocycles. The van der Waals surface area contributed by atoms with Crippen LogP contribution < -0.4 is 36.6 Å². The first kappa shape index (κ1) is 42.2. The number of aliphatic hydroxyl groups is 1. The Morgan fingerprint density at radius 3 is 1.94 bits per heavy atom. The van der Waals surface area contributed by atoms with E-state index in [1.54, 1.807) is 6.92 Å². The average molecular weight is 678 g/mol. The number of likely N-dealkylation sites (N-methyl/N-ethyl adjacent to an activating group) is 1. The SMILES string of the molecule is CCCC(NC(=O)[C@@H](NC(=O)c1cc[n+]([O-])cc1)[C@@H](C)CC)C(=O)N[C@H](CN[C@@H](CCO)C(=O)N[C@H](C(=O)NCC)C(C)C)CC(C)C. The highest BCUT2D eigenvalue weighted by atomic mass is 16.5. The number of aromatic nitrogens is 1. The minimum Gasteiger partial charge on any atom is -0.619 e. The topological polar surface area (TPSA) is 205 Å². The lowest BCUT2D eigenvalue weighted by Crippen LogP contribution is -2.58. The van der Waals surface area contributed by atoms with Gasteiger partial charge in [0.05, 0.1) is 11.6 Å². The first-order chi connectivity index (χ1) is 22.7. The van der Waals surface area contributed by atoms with Crippen molar-refractivity contribution in [2.75, 3.05) is 19.7 Å². The van der Waals surface area contributed by atoms with E-state index >= 15 is 0 Å². The Morgan fingerprint density at radius 1 is 0.792 bits per heavy atom. The second-order valence-electron chi connectivity index (χ2n) is 13.1. The molecule has 1 unspecified atom stereocenters. The van der Waals surface area contributed by atoms with Crippen LogP contribution in [0, 0.1) is 23.0 Å². The van der Waals surface area contributed by atoms with Gasteiger partial charge in [0.2, 0.25) is 23.6 Å². The quantitative estimate of drug-likeness (QED) is 0.0692. The van der Waals surface area contributed by atoms with Gasteiger partial charge in [-0.1, -0.05) is 61.3 Å². The maximum absolute atomic E-state index is 13.6. The molecule has 1 aromatic heterocycles. The lowest BCUT2D eigenvalue weighted by Gasteiger charge is -2.29. The Kier molecular flexibility index (Phi) is 19.3. The second kappa shape index (κ2) is 22.0. The van der Waals surface area contributed by atoms with E-state index in [0.29, 0.717) is 37.0 Å². The van der Waals surface area contributed by atoms with Crippen molar-refractivity contribution in [3.05, 3.63) is 35.3 Å². The number of rotatable bonds is 22. The minimum absolute atomic E-state index is 0.103. The van der Waals surface area contributed by atoms with Crippen LogP contribution in [0.3, 0.4) is 0 Å². The largest absolute Gasteiger partial charge is 0.619 e. The molecule has 1 rings (SSSR count). The fraction of sp³-hybridized carbons (Fsp3) is 0.706. The maximum atomic E-state index is 13.6. The molecule has 0 bridgehead atoms. The van der Waals surface area contributed by atoms with Crippen LogP contribution in [0.2, 0.25) is 0 Å². The van der Waals surface area contributed by atoms with Crippen molar-refractivity contribution in [3.63, 3.8) is 0 Å². The van der Waals surface area contributed by atoms with E-state index in [-0.39, 0.29) is 48.8 Å². The molecule has 7 N–H and O–H groups in total. The van der Waals surface area contributed by atoms with Gasteiger partial charge < -0.3 is 42.2 Å². The Bertz CT molecular complexity index is 1160. The molecule has 0 aliphatic heterocycles. The number of carbonyl (C=O) groups excluding carboxylic acids is 5. The zero-order valence-corrected chi connectivity index (χ0v) is 29.9. The van der Waals surface area contributed by atoms with Crippen molar-refractivity contribution in [1.82, 2.24) is 31.9 Å². The normalized spacial score (nSPS) is 15.1. The molecule has 6 atom stereocenters. The van der Waals surface area contributed by atoms with Crippen molar-refractivity contribution in [2.45, 2.75) is 118 Å². The Balaban J connectivity index is 3.07. The molecule has 14 heteroatoms. The molecule has 272 valence electrons. The van der Waals surface area contributed by atoms with E-state index in [4.69, 9.17) is 0 Å². The lowest BCUT2D eigenvalue weighted by molar-refractivity contribution is -0.605. The number of aliphatic hydroxyl groups excluding tert-OH is 1. The molecular formula is C34H59N7O7. The molecule has 0 saturated carbocycles. The van der Waals surface area contributed by atoms with E-state index < -0.39 is 53.8 Å². The van der Waals surface area contributed by atoms with Crippen LogP contribution in [-0.4, -0.2) is 84.5 Å². The molecule has 5 amide bonds. The van der Waals surface area contributed by atoms with Crippen LogP contribution in [0.4, 0.5) is 0 Å². The van der Waals surface area contributed by atoms with Gasteiger partial charge in [-0.25, -0.2) is 0 Å². The summed E-state index contributed by atoms with van der Waals surface area (Å²) in [6.45, 7) is 15.5. The van der Waals surface area contributed by atoms with Crippen molar-refractivity contribution in [3.8, 4) is 0 Å². The third-order valence-corrected chi connectivity index (χ3v) is 8.10. The monoisotopic (exact) mass is 677 g/mol. The summed E-state index contributed by atoms with van der Waals surface area (Å²) in [5.74, 6) is -2.34. The minimum atomic E-state index is -0.922.